The molecule has 0 amide bonds. The average Bonchev–Trinajstić information content (AvgIpc) is 2.43. The number of nitrogens with one attached hydrogen (secondary N) is 1. The van der Waals surface area contributed by atoms with Crippen molar-refractivity contribution < 1.29 is 14.4 Å². The lowest BCUT2D eigenvalue weighted by atomic mass is 10.2. The maximum atomic E-state index is 10.5. The van der Waals surface area contributed by atoms with Crippen molar-refractivity contribution in [3.63, 3.8) is 0 Å². The van der Waals surface area contributed by atoms with Crippen molar-refractivity contribution in [3.05, 3.63) is 17.0 Å². The quantitative estimate of drug-likeness (QED) is 0.750. The van der Waals surface area contributed by atoms with E-state index in [9.17, 15) is 4.79 Å². The Morgan fingerprint density at radius 1 is 1.64 bits per heavy atom. The van der Waals surface area contributed by atoms with Crippen molar-refractivity contribution >= 4 is 5.97 Å². The molecular weight excluding hydrogens is 184 g/mol. The summed E-state index contributed by atoms with van der Waals surface area (Å²) in [7, 11) is 0. The van der Waals surface area contributed by atoms with Gasteiger partial charge in [0.1, 0.15) is 11.8 Å². The summed E-state index contributed by atoms with van der Waals surface area (Å²) in [6.07, 6.45) is 0. The predicted molar refractivity (Wildman–Crippen MR) is 49.9 cm³/mol. The van der Waals surface area contributed by atoms with Crippen LogP contribution in [0.2, 0.25) is 0 Å². The lowest BCUT2D eigenvalue weighted by molar-refractivity contribution is -0.139. The van der Waals surface area contributed by atoms with Crippen molar-refractivity contribution in [2.75, 3.05) is 0 Å². The van der Waals surface area contributed by atoms with Gasteiger partial charge in [-0.25, -0.2) is 0 Å². The van der Waals surface area contributed by atoms with E-state index in [1.54, 1.807) is 6.92 Å². The molecular formula is C9H14N2O3. The van der Waals surface area contributed by atoms with Gasteiger partial charge in [-0.05, 0) is 20.8 Å². The molecule has 0 aliphatic rings. The van der Waals surface area contributed by atoms with Gasteiger partial charge in [0.15, 0.2) is 0 Å². The molecule has 0 aliphatic carbocycles. The highest BCUT2D eigenvalue weighted by Gasteiger charge is 2.13. The third-order valence-corrected chi connectivity index (χ3v) is 2.14. The molecule has 0 aromatic carbocycles. The maximum Gasteiger partial charge on any atom is 0.320 e. The van der Waals surface area contributed by atoms with E-state index in [2.05, 4.69) is 10.5 Å². The zero-order chi connectivity index (χ0) is 10.7. The van der Waals surface area contributed by atoms with Gasteiger partial charge in [0.2, 0.25) is 0 Å². The average molecular weight is 198 g/mol. The van der Waals surface area contributed by atoms with Crippen LogP contribution in [0.3, 0.4) is 0 Å². The third-order valence-electron chi connectivity index (χ3n) is 2.14. The van der Waals surface area contributed by atoms with E-state index in [1.165, 1.54) is 0 Å². The molecule has 78 valence electrons. The van der Waals surface area contributed by atoms with E-state index in [4.69, 9.17) is 9.63 Å². The number of aliphatic carboxylic acids is 1. The Labute approximate surface area is 82.1 Å². The second-order valence-electron chi connectivity index (χ2n) is 3.24. The number of hydrogen-bond donors (Lipinski definition) is 2. The van der Waals surface area contributed by atoms with E-state index >= 15 is 0 Å². The summed E-state index contributed by atoms with van der Waals surface area (Å²) in [6.45, 7) is 5.70. The van der Waals surface area contributed by atoms with E-state index in [0.29, 0.717) is 6.54 Å². The van der Waals surface area contributed by atoms with Gasteiger partial charge in [0.05, 0.1) is 5.69 Å². The van der Waals surface area contributed by atoms with Crippen molar-refractivity contribution in [2.45, 2.75) is 33.4 Å². The van der Waals surface area contributed by atoms with Crippen LogP contribution in [0.1, 0.15) is 23.9 Å². The highest BCUT2D eigenvalue weighted by molar-refractivity contribution is 5.72. The Hall–Kier alpha value is -1.36. The molecule has 0 saturated carbocycles. The molecule has 14 heavy (non-hydrogen) atoms. The largest absolute Gasteiger partial charge is 0.480 e. The van der Waals surface area contributed by atoms with E-state index in [1.807, 2.05) is 13.8 Å². The highest BCUT2D eigenvalue weighted by atomic mass is 16.5. The number of aromatic nitrogens is 1. The maximum absolute atomic E-state index is 10.5. The van der Waals surface area contributed by atoms with Crippen LogP contribution in [0.25, 0.3) is 0 Å². The Morgan fingerprint density at radius 2 is 2.29 bits per heavy atom. The molecule has 0 spiro atoms. The highest BCUT2D eigenvalue weighted by Crippen LogP contribution is 2.11. The van der Waals surface area contributed by atoms with E-state index in [-0.39, 0.29) is 0 Å². The molecule has 1 rings (SSSR count). The van der Waals surface area contributed by atoms with Crippen LogP contribution in [0.5, 0.6) is 0 Å². The lowest BCUT2D eigenvalue weighted by Gasteiger charge is -2.07. The van der Waals surface area contributed by atoms with Crippen LogP contribution in [0, 0.1) is 13.8 Å². The number of aryl methyl sites for hydroxylation is 2. The van der Waals surface area contributed by atoms with Crippen LogP contribution < -0.4 is 5.32 Å². The SMILES string of the molecule is Cc1noc(C)c1CN[C@H](C)C(=O)O. The second kappa shape index (κ2) is 4.23. The first-order valence-corrected chi connectivity index (χ1v) is 4.40. The summed E-state index contributed by atoms with van der Waals surface area (Å²) in [5.74, 6) is -0.135. The smallest absolute Gasteiger partial charge is 0.320 e. The van der Waals surface area contributed by atoms with E-state index < -0.39 is 12.0 Å². The van der Waals surface area contributed by atoms with Crippen LogP contribution in [-0.4, -0.2) is 22.3 Å². The number of nitrogens with zero attached hydrogens (tertiary/aromatic N) is 1. The molecule has 5 heteroatoms. The number of carboxylic acids is 1. The van der Waals surface area contributed by atoms with Gasteiger partial charge in [0, 0.05) is 12.1 Å². The molecule has 5 nitrogen and oxygen atoms in total. The monoisotopic (exact) mass is 198 g/mol. The summed E-state index contributed by atoms with van der Waals surface area (Å²) >= 11 is 0. The Bertz CT molecular complexity index is 313. The summed E-state index contributed by atoms with van der Waals surface area (Å²) in [5, 5.41) is 15.3. The molecule has 0 aliphatic heterocycles. The fourth-order valence-corrected chi connectivity index (χ4v) is 1.10. The van der Waals surface area contributed by atoms with Gasteiger partial charge in [-0.3, -0.25) is 4.79 Å². The molecule has 0 saturated heterocycles. The minimum atomic E-state index is -0.864. The summed E-state index contributed by atoms with van der Waals surface area (Å²) < 4.78 is 4.95. The Kier molecular flexibility index (Phi) is 3.24. The van der Waals surface area contributed by atoms with Gasteiger partial charge in [-0.2, -0.15) is 0 Å². The molecule has 2 N–H and O–H groups in total. The van der Waals surface area contributed by atoms with Crippen molar-refractivity contribution in [3.8, 4) is 0 Å². The Morgan fingerprint density at radius 3 is 2.71 bits per heavy atom. The second-order valence-corrected chi connectivity index (χ2v) is 3.24. The summed E-state index contributed by atoms with van der Waals surface area (Å²) in [5.41, 5.74) is 1.73. The van der Waals surface area contributed by atoms with Crippen molar-refractivity contribution in [2.24, 2.45) is 0 Å². The van der Waals surface area contributed by atoms with Crippen LogP contribution in [0.4, 0.5) is 0 Å². The van der Waals surface area contributed by atoms with Gasteiger partial charge >= 0.3 is 5.97 Å². The zero-order valence-corrected chi connectivity index (χ0v) is 8.50. The van der Waals surface area contributed by atoms with Gasteiger partial charge in [-0.1, -0.05) is 5.16 Å². The first-order chi connectivity index (χ1) is 6.52. The van der Waals surface area contributed by atoms with Crippen LogP contribution in [0.15, 0.2) is 4.52 Å². The number of hydrogen-bond acceptors (Lipinski definition) is 4. The first-order valence-electron chi connectivity index (χ1n) is 4.40. The van der Waals surface area contributed by atoms with E-state index in [0.717, 1.165) is 17.0 Å². The molecule has 1 aromatic heterocycles. The first kappa shape index (κ1) is 10.7. The van der Waals surface area contributed by atoms with Crippen molar-refractivity contribution in [1.82, 2.24) is 10.5 Å². The summed E-state index contributed by atoms with van der Waals surface area (Å²) in [6, 6.07) is -0.566. The topological polar surface area (TPSA) is 75.4 Å². The van der Waals surface area contributed by atoms with Gasteiger partial charge in [-0.15, -0.1) is 0 Å². The minimum absolute atomic E-state index is 0.467. The number of carboxylic acid groups (broad SMARTS) is 1. The van der Waals surface area contributed by atoms with Gasteiger partial charge in [0.25, 0.3) is 0 Å². The van der Waals surface area contributed by atoms with Crippen molar-refractivity contribution in [1.29, 1.82) is 0 Å². The predicted octanol–water partition coefficient (Wildman–Crippen LogP) is 0.854. The normalized spacial score (nSPS) is 12.8. The molecule has 1 atom stereocenters. The Balaban J connectivity index is 2.57. The minimum Gasteiger partial charge on any atom is -0.480 e. The fraction of sp³-hybridized carbons (Fsp3) is 0.556. The molecule has 0 fully saturated rings. The van der Waals surface area contributed by atoms with Crippen LogP contribution in [-0.2, 0) is 11.3 Å². The van der Waals surface area contributed by atoms with Crippen LogP contribution >= 0.6 is 0 Å². The summed E-state index contributed by atoms with van der Waals surface area (Å²) in [4.78, 5) is 10.5. The molecule has 0 bridgehead atoms. The molecule has 1 heterocycles. The third kappa shape index (κ3) is 2.32. The molecule has 0 unspecified atom stereocenters. The fourth-order valence-electron chi connectivity index (χ4n) is 1.10. The standard InChI is InChI=1S/C9H14N2O3/c1-5-8(7(3)14-11-5)4-10-6(2)9(12)13/h6,10H,4H2,1-3H3,(H,12,13)/t6-/m1/s1. The number of rotatable bonds is 4. The molecule has 1 aromatic rings. The lowest BCUT2D eigenvalue weighted by Crippen LogP contribution is -2.33. The molecule has 0 radical (unpaired) electrons. The van der Waals surface area contributed by atoms with Gasteiger partial charge < -0.3 is 14.9 Å². The zero-order valence-electron chi connectivity index (χ0n) is 8.50. The number of carbonyl (C=O) groups is 1.